The van der Waals surface area contributed by atoms with Crippen molar-refractivity contribution in [3.8, 4) is 0 Å². The van der Waals surface area contributed by atoms with Crippen LogP contribution >= 0.6 is 0 Å². The van der Waals surface area contributed by atoms with Crippen LogP contribution < -0.4 is 5.43 Å². The first-order valence-electron chi connectivity index (χ1n) is 17.8. The van der Waals surface area contributed by atoms with Gasteiger partial charge >= 0.3 is 5.97 Å². The summed E-state index contributed by atoms with van der Waals surface area (Å²) in [6.45, 7) is 7.06. The van der Waals surface area contributed by atoms with E-state index in [4.69, 9.17) is 4.74 Å². The first-order valence-corrected chi connectivity index (χ1v) is 17.8. The Bertz CT molecular complexity index is 1410. The van der Waals surface area contributed by atoms with Gasteiger partial charge in [-0.15, -0.1) is 0 Å². The Labute approximate surface area is 275 Å². The summed E-state index contributed by atoms with van der Waals surface area (Å²) in [5.74, 6) is 1.32. The van der Waals surface area contributed by atoms with Gasteiger partial charge in [-0.1, -0.05) is 106 Å². The highest BCUT2D eigenvalue weighted by molar-refractivity contribution is 5.98. The van der Waals surface area contributed by atoms with Crippen molar-refractivity contribution >= 4 is 17.6 Å². The molecule has 2 aromatic rings. The predicted octanol–water partition coefficient (Wildman–Crippen LogP) is 8.24. The summed E-state index contributed by atoms with van der Waals surface area (Å²) in [7, 11) is 0. The van der Waals surface area contributed by atoms with E-state index in [2.05, 4.69) is 37.4 Å². The molecular formula is C40H52N2O4. The number of allylic oxidation sites excluding steroid dienone is 2. The fraction of sp³-hybridized carbons (Fsp3) is 0.575. The number of hydrogen-bond donors (Lipinski definition) is 2. The van der Waals surface area contributed by atoms with Crippen LogP contribution in [0.2, 0.25) is 0 Å². The van der Waals surface area contributed by atoms with Gasteiger partial charge < -0.3 is 9.84 Å². The van der Waals surface area contributed by atoms with Crippen LogP contribution in [0.25, 0.3) is 0 Å². The maximum atomic E-state index is 13.6. The van der Waals surface area contributed by atoms with Gasteiger partial charge in [0.1, 0.15) is 6.10 Å². The van der Waals surface area contributed by atoms with Crippen molar-refractivity contribution in [1.82, 2.24) is 5.43 Å². The molecule has 3 fully saturated rings. The minimum absolute atomic E-state index is 0.00286. The molecule has 4 aliphatic rings. The molecule has 2 N–H and O–H groups in total. The van der Waals surface area contributed by atoms with Crippen LogP contribution in [0.4, 0.5) is 0 Å². The molecule has 2 aromatic carbocycles. The summed E-state index contributed by atoms with van der Waals surface area (Å²) in [4.78, 5) is 26.4. The Morgan fingerprint density at radius 3 is 2.26 bits per heavy atom. The van der Waals surface area contributed by atoms with Crippen LogP contribution in [0.5, 0.6) is 0 Å². The molecule has 6 nitrogen and oxygen atoms in total. The fourth-order valence-corrected chi connectivity index (χ4v) is 9.71. The Morgan fingerprint density at radius 2 is 1.59 bits per heavy atom. The smallest absolute Gasteiger partial charge is 0.306 e. The van der Waals surface area contributed by atoms with Crippen molar-refractivity contribution in [2.24, 2.45) is 33.7 Å². The number of carbonyl (C=O) groups is 2. The zero-order valence-corrected chi connectivity index (χ0v) is 28.0. The lowest BCUT2D eigenvalue weighted by atomic mass is 9.47. The number of hydrazone groups is 1. The van der Waals surface area contributed by atoms with Crippen molar-refractivity contribution in [1.29, 1.82) is 0 Å². The molecule has 6 rings (SSSR count). The van der Waals surface area contributed by atoms with Crippen LogP contribution in [0.3, 0.4) is 0 Å². The second-order valence-electron chi connectivity index (χ2n) is 14.9. The van der Waals surface area contributed by atoms with E-state index in [1.54, 1.807) is 24.3 Å². The molecule has 6 atom stereocenters. The second kappa shape index (κ2) is 13.5. The van der Waals surface area contributed by atoms with Crippen molar-refractivity contribution in [3.05, 3.63) is 83.4 Å². The SMILES string of the molecule is CCCCCCC(=O)O[C@H]1CC[C@H]2[C@@H]3CCC4=C/C(=N/NC(=O)C(O)(c5ccccc5)c5ccccc5)CC[C@]4(C)[C@H]3CC[C@]12C. The molecule has 246 valence electrons. The van der Waals surface area contributed by atoms with Gasteiger partial charge in [-0.3, -0.25) is 9.59 Å². The highest BCUT2D eigenvalue weighted by atomic mass is 16.5. The molecule has 4 aliphatic carbocycles. The summed E-state index contributed by atoms with van der Waals surface area (Å²) < 4.78 is 6.20. The van der Waals surface area contributed by atoms with Gasteiger partial charge in [0.05, 0.1) is 5.71 Å². The highest BCUT2D eigenvalue weighted by Crippen LogP contribution is 2.65. The largest absolute Gasteiger partial charge is 0.462 e. The molecule has 1 amide bonds. The number of unbranched alkanes of at least 4 members (excludes halogenated alkanes) is 3. The van der Waals surface area contributed by atoms with Crippen LogP contribution in [0.1, 0.15) is 115 Å². The minimum atomic E-state index is -1.85. The molecule has 46 heavy (non-hydrogen) atoms. The highest BCUT2D eigenvalue weighted by Gasteiger charge is 2.60. The van der Waals surface area contributed by atoms with E-state index in [0.717, 1.165) is 63.5 Å². The molecule has 0 heterocycles. The standard InChI is InChI=1S/C40H52N2O4/c1-4-5-6-13-18-36(43)46-35-22-21-33-32-20-19-30-27-31(23-25-38(30,2)34(32)24-26-39(33,35)3)41-42-37(44)40(45,28-14-9-7-10-15-28)29-16-11-8-12-17-29/h7-12,14-17,27,32-35,45H,4-6,13,18-26H2,1-3H3,(H,42,44)/b41-31+/t32-,33-,34-,35-,38-,39-/m0/s1. The van der Waals surface area contributed by atoms with E-state index in [1.807, 2.05) is 36.4 Å². The first-order chi connectivity index (χ1) is 22.2. The monoisotopic (exact) mass is 624 g/mol. The van der Waals surface area contributed by atoms with Gasteiger partial charge in [0.2, 0.25) is 0 Å². The lowest BCUT2D eigenvalue weighted by Gasteiger charge is -2.58. The number of fused-ring (bicyclic) bond motifs is 5. The number of amides is 1. The number of benzene rings is 2. The van der Waals surface area contributed by atoms with Gasteiger partial charge in [-0.2, -0.15) is 5.10 Å². The summed E-state index contributed by atoms with van der Waals surface area (Å²) in [5, 5.41) is 16.4. The number of ether oxygens (including phenoxy) is 1. The van der Waals surface area contributed by atoms with Crippen LogP contribution in [0, 0.1) is 28.6 Å². The van der Waals surface area contributed by atoms with Gasteiger partial charge in [0.25, 0.3) is 5.91 Å². The Kier molecular flexibility index (Phi) is 9.57. The van der Waals surface area contributed by atoms with Gasteiger partial charge in [0, 0.05) is 11.8 Å². The van der Waals surface area contributed by atoms with Crippen molar-refractivity contribution in [2.45, 2.75) is 116 Å². The number of hydrogen-bond acceptors (Lipinski definition) is 5. The molecule has 0 spiro atoms. The van der Waals surface area contributed by atoms with E-state index in [9.17, 15) is 14.7 Å². The van der Waals surface area contributed by atoms with Gasteiger partial charge in [-0.05, 0) is 98.2 Å². The molecule has 6 heteroatoms. The zero-order valence-electron chi connectivity index (χ0n) is 28.0. The quantitative estimate of drug-likeness (QED) is 0.158. The van der Waals surface area contributed by atoms with Crippen LogP contribution in [0.15, 0.2) is 77.4 Å². The summed E-state index contributed by atoms with van der Waals surface area (Å²) in [6.07, 6.45) is 15.7. The van der Waals surface area contributed by atoms with Crippen molar-refractivity contribution < 1.29 is 19.4 Å². The Morgan fingerprint density at radius 1 is 0.891 bits per heavy atom. The zero-order chi connectivity index (χ0) is 32.4. The summed E-state index contributed by atoms with van der Waals surface area (Å²) >= 11 is 0. The lowest BCUT2D eigenvalue weighted by Crippen LogP contribution is -2.51. The Hall–Kier alpha value is -3.25. The average Bonchev–Trinajstić information content (AvgIpc) is 3.41. The third-order valence-electron chi connectivity index (χ3n) is 12.4. The number of aliphatic hydroxyl groups is 1. The summed E-state index contributed by atoms with van der Waals surface area (Å²) in [5.41, 5.74) is 4.43. The van der Waals surface area contributed by atoms with Gasteiger partial charge in [0.15, 0.2) is 5.60 Å². The normalized spacial score (nSPS) is 31.3. The predicted molar refractivity (Wildman–Crippen MR) is 182 cm³/mol. The maximum Gasteiger partial charge on any atom is 0.306 e. The molecule has 0 unspecified atom stereocenters. The fourth-order valence-electron chi connectivity index (χ4n) is 9.71. The number of nitrogens with one attached hydrogen (secondary N) is 1. The average molecular weight is 625 g/mol. The number of esters is 1. The third-order valence-corrected chi connectivity index (χ3v) is 12.4. The van der Waals surface area contributed by atoms with E-state index in [0.29, 0.717) is 35.3 Å². The first kappa shape index (κ1) is 32.7. The van der Waals surface area contributed by atoms with E-state index < -0.39 is 11.5 Å². The molecular weight excluding hydrogens is 572 g/mol. The molecule has 0 saturated heterocycles. The lowest BCUT2D eigenvalue weighted by molar-refractivity contribution is -0.160. The molecule has 3 saturated carbocycles. The number of carbonyl (C=O) groups excluding carboxylic acids is 2. The molecule has 0 radical (unpaired) electrons. The second-order valence-corrected chi connectivity index (χ2v) is 14.9. The number of nitrogens with zero attached hydrogens (tertiary/aromatic N) is 1. The topological polar surface area (TPSA) is 88.0 Å². The van der Waals surface area contributed by atoms with E-state index >= 15 is 0 Å². The third kappa shape index (κ3) is 5.98. The maximum absolute atomic E-state index is 13.6. The molecule has 0 bridgehead atoms. The van der Waals surface area contributed by atoms with E-state index in [-0.39, 0.29) is 22.9 Å². The van der Waals surface area contributed by atoms with E-state index in [1.165, 1.54) is 24.8 Å². The van der Waals surface area contributed by atoms with Crippen molar-refractivity contribution in [2.75, 3.05) is 0 Å². The van der Waals surface area contributed by atoms with Crippen LogP contribution in [-0.4, -0.2) is 28.8 Å². The molecule has 0 aromatic heterocycles. The van der Waals surface area contributed by atoms with Crippen molar-refractivity contribution in [3.63, 3.8) is 0 Å². The summed E-state index contributed by atoms with van der Waals surface area (Å²) in [6, 6.07) is 18.1. The number of rotatable bonds is 10. The minimum Gasteiger partial charge on any atom is -0.462 e. The van der Waals surface area contributed by atoms with Crippen LogP contribution in [-0.2, 0) is 19.9 Å². The Balaban J connectivity index is 1.14. The van der Waals surface area contributed by atoms with Gasteiger partial charge in [-0.25, -0.2) is 5.43 Å². The molecule has 0 aliphatic heterocycles.